The molecule has 4 heteroatoms. The summed E-state index contributed by atoms with van der Waals surface area (Å²) in [5.74, 6) is 0. The van der Waals surface area contributed by atoms with E-state index < -0.39 is 0 Å². The van der Waals surface area contributed by atoms with E-state index in [1.54, 1.807) is 0 Å². The first-order valence-electron chi connectivity index (χ1n) is 7.86. The van der Waals surface area contributed by atoms with Gasteiger partial charge in [0.1, 0.15) is 0 Å². The van der Waals surface area contributed by atoms with Gasteiger partial charge in [0.05, 0.1) is 11.4 Å². The van der Waals surface area contributed by atoms with E-state index in [1.807, 2.05) is 36.4 Å². The zero-order valence-corrected chi connectivity index (χ0v) is 16.6. The Morgan fingerprint density at radius 3 is 2.12 bits per heavy atom. The standard InChI is InChI=1S/C21H19BrN2.ClH/c1-15-7-6-10-20(16(15)2)23-24-21(17-8-4-3-5-9-17)18-11-13-19(22)14-12-18;/h3-14,23H,1-2H3;1H/b24-21+;. The van der Waals surface area contributed by atoms with Gasteiger partial charge in [-0.05, 0) is 43.2 Å². The third kappa shape index (κ3) is 4.71. The van der Waals surface area contributed by atoms with Crippen molar-refractivity contribution in [1.82, 2.24) is 0 Å². The molecular weight excluding hydrogens is 396 g/mol. The van der Waals surface area contributed by atoms with Gasteiger partial charge in [-0.15, -0.1) is 12.4 Å². The highest BCUT2D eigenvalue weighted by molar-refractivity contribution is 9.10. The monoisotopic (exact) mass is 414 g/mol. The lowest BCUT2D eigenvalue weighted by Crippen LogP contribution is -2.07. The van der Waals surface area contributed by atoms with Gasteiger partial charge in [0.2, 0.25) is 0 Å². The topological polar surface area (TPSA) is 24.4 Å². The van der Waals surface area contributed by atoms with E-state index >= 15 is 0 Å². The highest BCUT2D eigenvalue weighted by Gasteiger charge is 2.08. The summed E-state index contributed by atoms with van der Waals surface area (Å²) in [5.41, 5.74) is 9.81. The summed E-state index contributed by atoms with van der Waals surface area (Å²) in [6.45, 7) is 4.21. The molecule has 0 spiro atoms. The lowest BCUT2D eigenvalue weighted by molar-refractivity contribution is 1.26. The minimum Gasteiger partial charge on any atom is -0.278 e. The predicted octanol–water partition coefficient (Wildman–Crippen LogP) is 6.35. The molecule has 0 aliphatic carbocycles. The Morgan fingerprint density at radius 2 is 1.44 bits per heavy atom. The fourth-order valence-corrected chi connectivity index (χ4v) is 2.75. The van der Waals surface area contributed by atoms with Crippen LogP contribution in [0.4, 0.5) is 5.69 Å². The van der Waals surface area contributed by atoms with Crippen molar-refractivity contribution in [2.75, 3.05) is 5.43 Å². The molecule has 0 aliphatic heterocycles. The number of hydrogen-bond donors (Lipinski definition) is 1. The summed E-state index contributed by atoms with van der Waals surface area (Å²) in [6.07, 6.45) is 0. The maximum Gasteiger partial charge on any atom is 0.0977 e. The van der Waals surface area contributed by atoms with Crippen LogP contribution in [0.25, 0.3) is 0 Å². The molecule has 0 bridgehead atoms. The molecule has 0 atom stereocenters. The molecule has 0 radical (unpaired) electrons. The lowest BCUT2D eigenvalue weighted by Gasteiger charge is -2.11. The summed E-state index contributed by atoms with van der Waals surface area (Å²) in [5, 5.41) is 4.72. The highest BCUT2D eigenvalue weighted by Crippen LogP contribution is 2.20. The normalized spacial score (nSPS) is 10.9. The van der Waals surface area contributed by atoms with Crippen LogP contribution in [0.5, 0.6) is 0 Å². The number of hydrogen-bond acceptors (Lipinski definition) is 2. The van der Waals surface area contributed by atoms with E-state index in [0.29, 0.717) is 0 Å². The Hall–Kier alpha value is -2.10. The summed E-state index contributed by atoms with van der Waals surface area (Å²) >= 11 is 3.49. The van der Waals surface area contributed by atoms with Crippen LogP contribution in [0.15, 0.2) is 82.4 Å². The van der Waals surface area contributed by atoms with E-state index in [9.17, 15) is 0 Å². The summed E-state index contributed by atoms with van der Waals surface area (Å²) in [7, 11) is 0. The fraction of sp³-hybridized carbons (Fsp3) is 0.0952. The van der Waals surface area contributed by atoms with E-state index in [2.05, 4.69) is 71.6 Å². The van der Waals surface area contributed by atoms with E-state index in [-0.39, 0.29) is 12.4 Å². The molecule has 0 fully saturated rings. The number of benzene rings is 3. The molecule has 128 valence electrons. The van der Waals surface area contributed by atoms with Gasteiger partial charge < -0.3 is 0 Å². The molecule has 25 heavy (non-hydrogen) atoms. The van der Waals surface area contributed by atoms with Crippen molar-refractivity contribution in [3.8, 4) is 0 Å². The molecule has 1 N–H and O–H groups in total. The molecule has 0 aromatic heterocycles. The fourth-order valence-electron chi connectivity index (χ4n) is 2.49. The molecule has 2 nitrogen and oxygen atoms in total. The van der Waals surface area contributed by atoms with E-state index in [4.69, 9.17) is 5.10 Å². The largest absolute Gasteiger partial charge is 0.278 e. The number of anilines is 1. The Kier molecular flexibility index (Phi) is 6.80. The van der Waals surface area contributed by atoms with Gasteiger partial charge in [-0.1, -0.05) is 70.5 Å². The van der Waals surface area contributed by atoms with Crippen LogP contribution in [0.1, 0.15) is 22.3 Å². The zero-order valence-electron chi connectivity index (χ0n) is 14.2. The van der Waals surface area contributed by atoms with Crippen LogP contribution in [0.2, 0.25) is 0 Å². The minimum atomic E-state index is 0. The van der Waals surface area contributed by atoms with Gasteiger partial charge in [0.25, 0.3) is 0 Å². The molecule has 3 aromatic rings. The zero-order chi connectivity index (χ0) is 16.9. The highest BCUT2D eigenvalue weighted by atomic mass is 79.9. The Morgan fingerprint density at radius 1 is 0.800 bits per heavy atom. The van der Waals surface area contributed by atoms with Gasteiger partial charge in [0.15, 0.2) is 0 Å². The second-order valence-corrected chi connectivity index (χ2v) is 6.61. The van der Waals surface area contributed by atoms with Gasteiger partial charge in [0, 0.05) is 15.6 Å². The van der Waals surface area contributed by atoms with Crippen LogP contribution in [-0.4, -0.2) is 5.71 Å². The van der Waals surface area contributed by atoms with Gasteiger partial charge in [-0.3, -0.25) is 5.43 Å². The molecular formula is C21H20BrClN2. The molecule has 0 amide bonds. The van der Waals surface area contributed by atoms with Crippen molar-refractivity contribution in [1.29, 1.82) is 0 Å². The van der Waals surface area contributed by atoms with Gasteiger partial charge in [-0.2, -0.15) is 5.10 Å². The van der Waals surface area contributed by atoms with Crippen LogP contribution in [-0.2, 0) is 0 Å². The smallest absolute Gasteiger partial charge is 0.0977 e. The van der Waals surface area contributed by atoms with Gasteiger partial charge >= 0.3 is 0 Å². The number of nitrogens with zero attached hydrogens (tertiary/aromatic N) is 1. The minimum absolute atomic E-state index is 0. The first-order valence-corrected chi connectivity index (χ1v) is 8.66. The van der Waals surface area contributed by atoms with Crippen molar-refractivity contribution in [3.05, 3.63) is 99.5 Å². The number of hydrazone groups is 1. The molecule has 3 rings (SSSR count). The second-order valence-electron chi connectivity index (χ2n) is 5.69. The lowest BCUT2D eigenvalue weighted by atomic mass is 10.0. The van der Waals surface area contributed by atoms with Crippen molar-refractivity contribution in [2.24, 2.45) is 5.10 Å². The van der Waals surface area contributed by atoms with Crippen LogP contribution in [0.3, 0.4) is 0 Å². The maximum atomic E-state index is 4.72. The third-order valence-corrected chi connectivity index (χ3v) is 4.59. The molecule has 0 heterocycles. The van der Waals surface area contributed by atoms with E-state index in [0.717, 1.165) is 27.0 Å². The number of aryl methyl sites for hydroxylation is 1. The second kappa shape index (κ2) is 8.84. The quantitative estimate of drug-likeness (QED) is 0.389. The molecule has 0 unspecified atom stereocenters. The number of rotatable bonds is 4. The first kappa shape index (κ1) is 19.2. The summed E-state index contributed by atoms with van der Waals surface area (Å²) < 4.78 is 1.06. The average Bonchev–Trinajstić information content (AvgIpc) is 2.61. The van der Waals surface area contributed by atoms with E-state index in [1.165, 1.54) is 11.1 Å². The summed E-state index contributed by atoms with van der Waals surface area (Å²) in [6, 6.07) is 24.6. The van der Waals surface area contributed by atoms with Crippen LogP contribution < -0.4 is 5.43 Å². The number of nitrogens with one attached hydrogen (secondary N) is 1. The maximum absolute atomic E-state index is 4.72. The Bertz CT molecular complexity index is 859. The summed E-state index contributed by atoms with van der Waals surface area (Å²) in [4.78, 5) is 0. The van der Waals surface area contributed by atoms with Crippen molar-refractivity contribution in [3.63, 3.8) is 0 Å². The van der Waals surface area contributed by atoms with Crippen LogP contribution >= 0.6 is 28.3 Å². The molecule has 0 saturated carbocycles. The van der Waals surface area contributed by atoms with Crippen molar-refractivity contribution < 1.29 is 0 Å². The van der Waals surface area contributed by atoms with Crippen molar-refractivity contribution in [2.45, 2.75) is 13.8 Å². The van der Waals surface area contributed by atoms with Crippen LogP contribution in [0, 0.1) is 13.8 Å². The molecule has 0 saturated heterocycles. The molecule has 3 aromatic carbocycles. The Balaban J connectivity index is 0.00000225. The molecule has 0 aliphatic rings. The first-order chi connectivity index (χ1) is 11.6. The predicted molar refractivity (Wildman–Crippen MR) is 113 cm³/mol. The van der Waals surface area contributed by atoms with Gasteiger partial charge in [-0.25, -0.2) is 0 Å². The van der Waals surface area contributed by atoms with Crippen molar-refractivity contribution >= 4 is 39.7 Å². The SMILES string of the molecule is Cc1cccc(N/N=C(\c2ccccc2)c2ccc(Br)cc2)c1C.Cl. The average molecular weight is 416 g/mol. The Labute approximate surface area is 163 Å². The third-order valence-electron chi connectivity index (χ3n) is 4.06. The number of halogens is 2.